The highest BCUT2D eigenvalue weighted by Crippen LogP contribution is 2.18. The van der Waals surface area contributed by atoms with Crippen LogP contribution in [0.2, 0.25) is 0 Å². The molecule has 2 atom stereocenters. The van der Waals surface area contributed by atoms with Crippen LogP contribution in [0, 0.1) is 0 Å². The maximum Gasteiger partial charge on any atom is 0.305 e. The highest BCUT2D eigenvalue weighted by Gasteiger charge is 2.20. The van der Waals surface area contributed by atoms with E-state index in [-0.39, 0.29) is 18.5 Å². The molecule has 1 amide bonds. The van der Waals surface area contributed by atoms with Gasteiger partial charge in [-0.3, -0.25) is 9.59 Å². The topological polar surface area (TPSA) is 95.9 Å². The Morgan fingerprint density at radius 3 is 1.11 bits per heavy atom. The average molecular weight is 919 g/mol. The van der Waals surface area contributed by atoms with Crippen LogP contribution in [0.15, 0.2) is 12.2 Å². The predicted molar refractivity (Wildman–Crippen MR) is 283 cm³/mol. The molecule has 386 valence electrons. The summed E-state index contributed by atoms with van der Waals surface area (Å²) >= 11 is 0. The smallest absolute Gasteiger partial charge is 0.305 e. The van der Waals surface area contributed by atoms with Crippen molar-refractivity contribution in [2.24, 2.45) is 0 Å². The van der Waals surface area contributed by atoms with Crippen LogP contribution in [-0.2, 0) is 14.3 Å². The minimum absolute atomic E-state index is 0.00819. The first-order valence-electron chi connectivity index (χ1n) is 29.4. The first-order valence-corrected chi connectivity index (χ1v) is 29.4. The van der Waals surface area contributed by atoms with Crippen molar-refractivity contribution >= 4 is 11.9 Å². The lowest BCUT2D eigenvalue weighted by Gasteiger charge is -2.22. The van der Waals surface area contributed by atoms with E-state index in [0.717, 1.165) is 44.9 Å². The lowest BCUT2D eigenvalue weighted by Crippen LogP contribution is -2.45. The molecule has 0 aromatic heterocycles. The number of unbranched alkanes of at least 4 members (excludes halogenated alkanes) is 42. The summed E-state index contributed by atoms with van der Waals surface area (Å²) in [6.45, 7) is 4.93. The Morgan fingerprint density at radius 1 is 0.415 bits per heavy atom. The van der Waals surface area contributed by atoms with Crippen molar-refractivity contribution < 1.29 is 24.5 Å². The number of amides is 1. The number of carbonyl (C=O) groups excluding carboxylic acids is 2. The average Bonchev–Trinajstić information content (AvgIpc) is 3.31. The third-order valence-electron chi connectivity index (χ3n) is 13.8. The summed E-state index contributed by atoms with van der Waals surface area (Å²) in [4.78, 5) is 24.4. The molecule has 0 aromatic carbocycles. The standard InChI is InChI=1S/C59H115NO5/c1-3-5-7-9-11-13-14-29-33-37-41-45-49-53-59(64)65-54-50-46-42-38-34-31-28-26-24-22-20-18-16-15-17-19-21-23-25-27-30-32-36-40-44-48-52-58(63)60-56(55-61)57(62)51-47-43-39-35-12-10-8-6-4-2/h13-14,56-57,61-62H,3-12,15-55H2,1-2H3,(H,60,63)/b14-13-. The number of nitrogens with one attached hydrogen (secondary N) is 1. The Balaban J connectivity index is 3.31. The fourth-order valence-electron chi connectivity index (χ4n) is 9.28. The Bertz CT molecular complexity index is 970. The van der Waals surface area contributed by atoms with Crippen LogP contribution in [-0.4, -0.2) is 47.4 Å². The lowest BCUT2D eigenvalue weighted by atomic mass is 10.0. The molecule has 0 aromatic rings. The molecule has 0 aliphatic heterocycles. The molecule has 0 aliphatic rings. The lowest BCUT2D eigenvalue weighted by molar-refractivity contribution is -0.143. The molecule has 6 nitrogen and oxygen atoms in total. The van der Waals surface area contributed by atoms with Gasteiger partial charge in [-0.25, -0.2) is 0 Å². The number of rotatable bonds is 55. The molecular weight excluding hydrogens is 803 g/mol. The molecule has 3 N–H and O–H groups in total. The zero-order chi connectivity index (χ0) is 47.2. The van der Waals surface area contributed by atoms with Gasteiger partial charge in [-0.05, 0) is 51.4 Å². The minimum Gasteiger partial charge on any atom is -0.466 e. The van der Waals surface area contributed by atoms with E-state index in [4.69, 9.17) is 4.74 Å². The van der Waals surface area contributed by atoms with E-state index in [2.05, 4.69) is 31.3 Å². The molecule has 0 saturated carbocycles. The SMILES string of the molecule is CCCCCC/C=C\CCCCCCCC(=O)OCCCCCCCCCCCCCCCCCCCCCCCCCCCCC(=O)NC(CO)C(O)CCCCCCCCCCC. The summed E-state index contributed by atoms with van der Waals surface area (Å²) in [5.41, 5.74) is 0. The van der Waals surface area contributed by atoms with Crippen LogP contribution in [0.4, 0.5) is 0 Å². The van der Waals surface area contributed by atoms with Crippen molar-refractivity contribution in [3.63, 3.8) is 0 Å². The molecular formula is C59H115NO5. The minimum atomic E-state index is -0.659. The first kappa shape index (κ1) is 63.6. The zero-order valence-corrected chi connectivity index (χ0v) is 44.0. The maximum atomic E-state index is 12.4. The van der Waals surface area contributed by atoms with E-state index in [1.54, 1.807) is 0 Å². The Kier molecular flexibility index (Phi) is 54.0. The van der Waals surface area contributed by atoms with Crippen LogP contribution >= 0.6 is 0 Å². The summed E-state index contributed by atoms with van der Waals surface area (Å²) in [7, 11) is 0. The number of ether oxygens (including phenoxy) is 1. The van der Waals surface area contributed by atoms with Crippen LogP contribution in [0.3, 0.4) is 0 Å². The summed E-state index contributed by atoms with van der Waals surface area (Å²) in [6.07, 6.45) is 65.1. The van der Waals surface area contributed by atoms with Crippen LogP contribution < -0.4 is 5.32 Å². The molecule has 2 unspecified atom stereocenters. The molecule has 0 fully saturated rings. The van der Waals surface area contributed by atoms with E-state index < -0.39 is 12.1 Å². The van der Waals surface area contributed by atoms with Gasteiger partial charge in [0.05, 0.1) is 25.4 Å². The van der Waals surface area contributed by atoms with Crippen LogP contribution in [0.5, 0.6) is 0 Å². The Labute approximate surface area is 406 Å². The van der Waals surface area contributed by atoms with Gasteiger partial charge < -0.3 is 20.3 Å². The molecule has 0 rings (SSSR count). The van der Waals surface area contributed by atoms with Gasteiger partial charge in [-0.2, -0.15) is 0 Å². The second-order valence-electron chi connectivity index (χ2n) is 20.3. The first-order chi connectivity index (χ1) is 32.0. The Morgan fingerprint density at radius 2 is 0.723 bits per heavy atom. The normalized spacial score (nSPS) is 12.6. The quantitative estimate of drug-likeness (QED) is 0.0321. The molecule has 0 heterocycles. The zero-order valence-electron chi connectivity index (χ0n) is 44.0. The van der Waals surface area contributed by atoms with Gasteiger partial charge in [0.25, 0.3) is 0 Å². The van der Waals surface area contributed by atoms with Crippen molar-refractivity contribution in [1.82, 2.24) is 5.32 Å². The highest BCUT2D eigenvalue weighted by molar-refractivity contribution is 5.76. The van der Waals surface area contributed by atoms with Gasteiger partial charge in [0.15, 0.2) is 0 Å². The van der Waals surface area contributed by atoms with Gasteiger partial charge in [0.2, 0.25) is 5.91 Å². The van der Waals surface area contributed by atoms with E-state index in [0.29, 0.717) is 25.9 Å². The van der Waals surface area contributed by atoms with Gasteiger partial charge in [0.1, 0.15) is 0 Å². The summed E-state index contributed by atoms with van der Waals surface area (Å²) in [5.74, 6) is -0.0259. The highest BCUT2D eigenvalue weighted by atomic mass is 16.5. The van der Waals surface area contributed by atoms with E-state index in [1.807, 2.05) is 0 Å². The molecule has 0 aliphatic carbocycles. The predicted octanol–water partition coefficient (Wildman–Crippen LogP) is 18.1. The van der Waals surface area contributed by atoms with Crippen LogP contribution in [0.1, 0.15) is 328 Å². The number of aliphatic hydroxyl groups is 2. The maximum absolute atomic E-state index is 12.4. The van der Waals surface area contributed by atoms with E-state index >= 15 is 0 Å². The molecule has 65 heavy (non-hydrogen) atoms. The summed E-state index contributed by atoms with van der Waals surface area (Å²) in [5, 5.41) is 23.1. The number of esters is 1. The summed E-state index contributed by atoms with van der Waals surface area (Å²) in [6, 6.07) is -0.536. The second-order valence-corrected chi connectivity index (χ2v) is 20.3. The molecule has 0 spiro atoms. The van der Waals surface area contributed by atoms with E-state index in [9.17, 15) is 19.8 Å². The largest absolute Gasteiger partial charge is 0.466 e. The van der Waals surface area contributed by atoms with Gasteiger partial charge >= 0.3 is 5.97 Å². The van der Waals surface area contributed by atoms with Crippen molar-refractivity contribution in [2.75, 3.05) is 13.2 Å². The molecule has 0 bridgehead atoms. The van der Waals surface area contributed by atoms with Gasteiger partial charge in [-0.15, -0.1) is 0 Å². The third kappa shape index (κ3) is 51.8. The monoisotopic (exact) mass is 918 g/mol. The molecule has 6 heteroatoms. The van der Waals surface area contributed by atoms with Crippen molar-refractivity contribution in [1.29, 1.82) is 0 Å². The summed E-state index contributed by atoms with van der Waals surface area (Å²) < 4.78 is 5.47. The van der Waals surface area contributed by atoms with Gasteiger partial charge in [-0.1, -0.05) is 276 Å². The number of hydrogen-bond donors (Lipinski definition) is 3. The second kappa shape index (κ2) is 55.2. The Hall–Kier alpha value is -1.40. The number of carbonyl (C=O) groups is 2. The fraction of sp³-hybridized carbons (Fsp3) is 0.932. The number of aliphatic hydroxyl groups excluding tert-OH is 2. The van der Waals surface area contributed by atoms with Crippen molar-refractivity contribution in [3.8, 4) is 0 Å². The van der Waals surface area contributed by atoms with Gasteiger partial charge in [0, 0.05) is 12.8 Å². The molecule has 0 saturated heterocycles. The van der Waals surface area contributed by atoms with Crippen molar-refractivity contribution in [2.45, 2.75) is 341 Å². The molecule has 0 radical (unpaired) electrons. The number of hydrogen-bond acceptors (Lipinski definition) is 5. The van der Waals surface area contributed by atoms with E-state index in [1.165, 1.54) is 250 Å². The number of allylic oxidation sites excluding steroid dienone is 2. The fourth-order valence-corrected chi connectivity index (χ4v) is 9.28. The van der Waals surface area contributed by atoms with Crippen molar-refractivity contribution in [3.05, 3.63) is 12.2 Å². The third-order valence-corrected chi connectivity index (χ3v) is 13.8. The van der Waals surface area contributed by atoms with Crippen LogP contribution in [0.25, 0.3) is 0 Å².